The van der Waals surface area contributed by atoms with Crippen molar-refractivity contribution in [1.82, 2.24) is 5.16 Å². The quantitative estimate of drug-likeness (QED) is 0.523. The van der Waals surface area contributed by atoms with E-state index >= 15 is 0 Å². The molecule has 3 rings (SSSR count). The summed E-state index contributed by atoms with van der Waals surface area (Å²) in [4.78, 5) is 13.0. The largest absolute Gasteiger partial charge is 0.461 e. The highest BCUT2D eigenvalue weighted by atomic mass is 32.2. The van der Waals surface area contributed by atoms with Crippen molar-refractivity contribution in [2.75, 3.05) is 6.26 Å². The minimum absolute atomic E-state index is 0.0489. The molecule has 6 heteroatoms. The second-order valence-electron chi connectivity index (χ2n) is 4.46. The normalized spacial score (nSPS) is 10.6. The van der Waals surface area contributed by atoms with Crippen molar-refractivity contribution in [3.63, 3.8) is 0 Å². The zero-order chi connectivity index (χ0) is 15.4. The molecule has 22 heavy (non-hydrogen) atoms. The van der Waals surface area contributed by atoms with Crippen LogP contribution >= 0.6 is 11.8 Å². The van der Waals surface area contributed by atoms with Crippen molar-refractivity contribution in [3.8, 4) is 11.5 Å². The number of rotatable bonds is 5. The molecule has 112 valence electrons. The molecule has 0 N–H and O–H groups in total. The molecule has 0 saturated carbocycles. The fourth-order valence-electron chi connectivity index (χ4n) is 1.86. The van der Waals surface area contributed by atoms with Crippen LogP contribution in [0.25, 0.3) is 11.5 Å². The van der Waals surface area contributed by atoms with Crippen molar-refractivity contribution in [1.29, 1.82) is 0 Å². The molecule has 1 aromatic carbocycles. The van der Waals surface area contributed by atoms with Crippen LogP contribution in [0.5, 0.6) is 0 Å². The van der Waals surface area contributed by atoms with Gasteiger partial charge in [0.05, 0.1) is 11.8 Å². The molecule has 0 radical (unpaired) electrons. The Labute approximate surface area is 131 Å². The van der Waals surface area contributed by atoms with E-state index in [-0.39, 0.29) is 6.61 Å². The molecule has 0 amide bonds. The topological polar surface area (TPSA) is 65.5 Å². The summed E-state index contributed by atoms with van der Waals surface area (Å²) in [6.45, 7) is 0.0489. The fraction of sp³-hybridized carbons (Fsp3) is 0.125. The van der Waals surface area contributed by atoms with Crippen LogP contribution < -0.4 is 0 Å². The summed E-state index contributed by atoms with van der Waals surface area (Å²) in [7, 11) is 0. The summed E-state index contributed by atoms with van der Waals surface area (Å²) in [5.74, 6) is 0.688. The van der Waals surface area contributed by atoms with Gasteiger partial charge in [0.25, 0.3) is 0 Å². The van der Waals surface area contributed by atoms with Crippen molar-refractivity contribution < 1.29 is 18.5 Å². The molecular formula is C16H13NO4S. The van der Waals surface area contributed by atoms with Crippen LogP contribution in [0.1, 0.15) is 16.1 Å². The van der Waals surface area contributed by atoms with Crippen LogP contribution in [0, 0.1) is 0 Å². The number of thioether (sulfide) groups is 1. The standard InChI is InChI=1S/C16H13NO4S/c1-22-13-6-4-11(5-7-13)16(18)20-10-12-9-15(21-17-12)14-3-2-8-19-14/h2-9H,10H2,1H3. The minimum Gasteiger partial charge on any atom is -0.461 e. The number of carbonyl (C=O) groups excluding carboxylic acids is 1. The molecule has 0 spiro atoms. The van der Waals surface area contributed by atoms with Crippen molar-refractivity contribution >= 4 is 17.7 Å². The zero-order valence-electron chi connectivity index (χ0n) is 11.8. The minimum atomic E-state index is -0.393. The maximum Gasteiger partial charge on any atom is 0.338 e. The second-order valence-corrected chi connectivity index (χ2v) is 5.34. The number of hydrogen-bond donors (Lipinski definition) is 0. The predicted octanol–water partition coefficient (Wildman–Crippen LogP) is 4.01. The van der Waals surface area contributed by atoms with Crippen LogP contribution in [-0.4, -0.2) is 17.4 Å². The fourth-order valence-corrected chi connectivity index (χ4v) is 2.27. The highest BCUT2D eigenvalue weighted by molar-refractivity contribution is 7.98. The van der Waals surface area contributed by atoms with Crippen LogP contribution in [0.2, 0.25) is 0 Å². The molecule has 0 atom stereocenters. The van der Waals surface area contributed by atoms with E-state index in [9.17, 15) is 4.79 Å². The van der Waals surface area contributed by atoms with Crippen molar-refractivity contribution in [3.05, 3.63) is 60.0 Å². The van der Waals surface area contributed by atoms with Gasteiger partial charge in [0.1, 0.15) is 12.3 Å². The van der Waals surface area contributed by atoms with E-state index in [1.54, 1.807) is 48.4 Å². The van der Waals surface area contributed by atoms with Gasteiger partial charge in [-0.1, -0.05) is 5.16 Å². The number of hydrogen-bond acceptors (Lipinski definition) is 6. The monoisotopic (exact) mass is 315 g/mol. The summed E-state index contributed by atoms with van der Waals surface area (Å²) >= 11 is 1.62. The lowest BCUT2D eigenvalue weighted by Gasteiger charge is -2.03. The number of benzene rings is 1. The molecule has 5 nitrogen and oxygen atoms in total. The lowest BCUT2D eigenvalue weighted by atomic mass is 10.2. The molecule has 0 fully saturated rings. The SMILES string of the molecule is CSc1ccc(C(=O)OCc2cc(-c3ccco3)on2)cc1. The maximum absolute atomic E-state index is 11.9. The van der Waals surface area contributed by atoms with Gasteiger partial charge in [-0.25, -0.2) is 4.79 Å². The van der Waals surface area contributed by atoms with Gasteiger partial charge in [-0.2, -0.15) is 0 Å². The van der Waals surface area contributed by atoms with Gasteiger partial charge >= 0.3 is 5.97 Å². The number of furan rings is 1. The lowest BCUT2D eigenvalue weighted by Crippen LogP contribution is -2.05. The molecule has 0 aliphatic heterocycles. The average molecular weight is 315 g/mol. The van der Waals surface area contributed by atoms with Gasteiger partial charge in [0, 0.05) is 11.0 Å². The van der Waals surface area contributed by atoms with E-state index in [0.29, 0.717) is 22.8 Å². The Morgan fingerprint density at radius 1 is 1.23 bits per heavy atom. The number of aromatic nitrogens is 1. The molecule has 2 aromatic heterocycles. The molecule has 3 aromatic rings. The van der Waals surface area contributed by atoms with Gasteiger partial charge in [-0.15, -0.1) is 11.8 Å². The Kier molecular flexibility index (Phi) is 4.29. The molecule has 0 aliphatic rings. The smallest absolute Gasteiger partial charge is 0.338 e. The summed E-state index contributed by atoms with van der Waals surface area (Å²) < 4.78 is 15.6. The van der Waals surface area contributed by atoms with Gasteiger partial charge in [0.15, 0.2) is 5.76 Å². The Balaban J connectivity index is 1.61. The third-order valence-corrected chi connectivity index (χ3v) is 3.74. The number of carbonyl (C=O) groups is 1. The molecule has 0 aliphatic carbocycles. The summed E-state index contributed by atoms with van der Waals surface area (Å²) in [6, 6.07) is 12.5. The molecule has 2 heterocycles. The summed E-state index contributed by atoms with van der Waals surface area (Å²) in [6.07, 6.45) is 3.53. The van der Waals surface area contributed by atoms with Crippen LogP contribution in [0.3, 0.4) is 0 Å². The van der Waals surface area contributed by atoms with Gasteiger partial charge < -0.3 is 13.7 Å². The van der Waals surface area contributed by atoms with E-state index in [4.69, 9.17) is 13.7 Å². The summed E-state index contributed by atoms with van der Waals surface area (Å²) in [5, 5.41) is 3.85. The van der Waals surface area contributed by atoms with Gasteiger partial charge in [0.2, 0.25) is 5.76 Å². The highest BCUT2D eigenvalue weighted by Gasteiger charge is 2.12. The number of esters is 1. The average Bonchev–Trinajstić information content (AvgIpc) is 3.23. The van der Waals surface area contributed by atoms with E-state index in [1.807, 2.05) is 18.4 Å². The molecular weight excluding hydrogens is 302 g/mol. The Hall–Kier alpha value is -2.47. The summed E-state index contributed by atoms with van der Waals surface area (Å²) in [5.41, 5.74) is 1.04. The third-order valence-electron chi connectivity index (χ3n) is 3.00. The molecule has 0 saturated heterocycles. The van der Waals surface area contributed by atoms with Gasteiger partial charge in [-0.3, -0.25) is 0 Å². The lowest BCUT2D eigenvalue weighted by molar-refractivity contribution is 0.0464. The Bertz CT molecular complexity index is 747. The maximum atomic E-state index is 11.9. The molecule has 0 unspecified atom stereocenters. The van der Waals surface area contributed by atoms with Gasteiger partial charge in [-0.05, 0) is 42.7 Å². The number of nitrogens with zero attached hydrogens (tertiary/aromatic N) is 1. The van der Waals surface area contributed by atoms with E-state index in [1.165, 1.54) is 0 Å². The van der Waals surface area contributed by atoms with E-state index in [2.05, 4.69) is 5.16 Å². The third kappa shape index (κ3) is 3.23. The zero-order valence-corrected chi connectivity index (χ0v) is 12.6. The van der Waals surface area contributed by atoms with E-state index < -0.39 is 5.97 Å². The first-order chi connectivity index (χ1) is 10.8. The van der Waals surface area contributed by atoms with Crippen molar-refractivity contribution in [2.24, 2.45) is 0 Å². The van der Waals surface area contributed by atoms with Crippen LogP contribution in [0.15, 0.2) is 62.6 Å². The number of ether oxygens (including phenoxy) is 1. The highest BCUT2D eigenvalue weighted by Crippen LogP contribution is 2.21. The first-order valence-corrected chi connectivity index (χ1v) is 7.79. The van der Waals surface area contributed by atoms with Crippen LogP contribution in [0.4, 0.5) is 0 Å². The van der Waals surface area contributed by atoms with E-state index in [0.717, 1.165) is 4.90 Å². The Morgan fingerprint density at radius 3 is 2.73 bits per heavy atom. The van der Waals surface area contributed by atoms with Crippen LogP contribution in [-0.2, 0) is 11.3 Å². The first-order valence-electron chi connectivity index (χ1n) is 6.57. The first kappa shape index (κ1) is 14.5. The van der Waals surface area contributed by atoms with Crippen molar-refractivity contribution in [2.45, 2.75) is 11.5 Å². The second kappa shape index (κ2) is 6.53. The Morgan fingerprint density at radius 2 is 2.05 bits per heavy atom. The predicted molar refractivity (Wildman–Crippen MR) is 81.5 cm³/mol. The molecule has 0 bridgehead atoms.